The smallest absolute Gasteiger partial charge is 0.328 e. The van der Waals surface area contributed by atoms with Gasteiger partial charge in [0.1, 0.15) is 5.52 Å². The molecule has 0 atom stereocenters. The van der Waals surface area contributed by atoms with Crippen molar-refractivity contribution in [1.82, 2.24) is 4.98 Å². The summed E-state index contributed by atoms with van der Waals surface area (Å²) in [4.78, 5) is 14.9. The van der Waals surface area contributed by atoms with Crippen LogP contribution in [0.4, 0.5) is 0 Å². The van der Waals surface area contributed by atoms with Crippen molar-refractivity contribution in [2.75, 3.05) is 13.2 Å². The minimum atomic E-state index is -0.956. The number of nitrogens with zero attached hydrogens (tertiary/aromatic N) is 1. The number of aryl methyl sites for hydroxylation is 1. The van der Waals surface area contributed by atoms with Crippen molar-refractivity contribution in [3.63, 3.8) is 0 Å². The molecule has 1 fully saturated rings. The van der Waals surface area contributed by atoms with E-state index in [4.69, 9.17) is 14.3 Å². The third-order valence-electron chi connectivity index (χ3n) is 3.33. The van der Waals surface area contributed by atoms with E-state index in [1.165, 1.54) is 6.08 Å². The Balaban J connectivity index is 2.03. The zero-order valence-electron chi connectivity index (χ0n) is 10.4. The Hall–Kier alpha value is -2.14. The number of oxazole rings is 1. The lowest BCUT2D eigenvalue weighted by atomic mass is 9.78. The Morgan fingerprint density at radius 2 is 2.26 bits per heavy atom. The maximum Gasteiger partial charge on any atom is 0.328 e. The van der Waals surface area contributed by atoms with Crippen molar-refractivity contribution in [2.45, 2.75) is 12.3 Å². The maximum absolute atomic E-state index is 10.7. The molecule has 1 aromatic heterocycles. The highest BCUT2D eigenvalue weighted by Crippen LogP contribution is 2.35. The zero-order valence-corrected chi connectivity index (χ0v) is 10.4. The van der Waals surface area contributed by atoms with Gasteiger partial charge in [0.25, 0.3) is 0 Å². The molecule has 2 aromatic rings. The van der Waals surface area contributed by atoms with Gasteiger partial charge in [0.2, 0.25) is 0 Å². The summed E-state index contributed by atoms with van der Waals surface area (Å²) in [6, 6.07) is 5.74. The molecule has 0 spiro atoms. The molecule has 0 amide bonds. The first kappa shape index (κ1) is 11.9. The number of hydrogen-bond donors (Lipinski definition) is 1. The quantitative estimate of drug-likeness (QED) is 0.854. The molecule has 19 heavy (non-hydrogen) atoms. The summed E-state index contributed by atoms with van der Waals surface area (Å²) in [5.41, 5.74) is 2.14. The summed E-state index contributed by atoms with van der Waals surface area (Å²) in [6.45, 7) is 2.76. The molecule has 2 heterocycles. The number of carbonyl (C=O) groups is 1. The third-order valence-corrected chi connectivity index (χ3v) is 3.33. The number of benzene rings is 1. The minimum absolute atomic E-state index is 0.368. The van der Waals surface area contributed by atoms with Crippen LogP contribution in [-0.4, -0.2) is 29.3 Å². The van der Waals surface area contributed by atoms with E-state index in [1.807, 2.05) is 18.2 Å². The first-order valence-electron chi connectivity index (χ1n) is 5.97. The molecule has 1 N–H and O–H groups in total. The topological polar surface area (TPSA) is 72.6 Å². The van der Waals surface area contributed by atoms with Crippen LogP contribution in [-0.2, 0) is 14.9 Å². The van der Waals surface area contributed by atoms with Gasteiger partial charge < -0.3 is 14.3 Å². The summed E-state index contributed by atoms with van der Waals surface area (Å²) >= 11 is 0. The number of rotatable bonds is 3. The van der Waals surface area contributed by atoms with E-state index in [0.717, 1.165) is 11.1 Å². The number of aromatic nitrogens is 1. The highest BCUT2D eigenvalue weighted by molar-refractivity contribution is 5.80. The molecule has 0 aliphatic carbocycles. The van der Waals surface area contributed by atoms with E-state index >= 15 is 0 Å². The van der Waals surface area contributed by atoms with Gasteiger partial charge in [0.15, 0.2) is 11.5 Å². The van der Waals surface area contributed by atoms with Crippen LogP contribution in [0.25, 0.3) is 11.1 Å². The molecule has 0 unspecified atom stereocenters. The second-order valence-corrected chi connectivity index (χ2v) is 4.74. The van der Waals surface area contributed by atoms with E-state index in [-0.39, 0.29) is 5.41 Å². The zero-order chi connectivity index (χ0) is 13.5. The maximum atomic E-state index is 10.7. The van der Waals surface area contributed by atoms with Crippen LogP contribution in [0.2, 0.25) is 0 Å². The van der Waals surface area contributed by atoms with E-state index in [1.54, 1.807) is 13.0 Å². The molecule has 98 valence electrons. The SMILES string of the molecule is Cc1nc2ccc(C3(/C=C/C(=O)O)COC3)cc2o1. The Bertz CT molecular complexity index is 667. The molecule has 5 heteroatoms. The number of carboxylic acid groups (broad SMARTS) is 1. The fourth-order valence-corrected chi connectivity index (χ4v) is 2.26. The Labute approximate surface area is 109 Å². The fraction of sp³-hybridized carbons (Fsp3) is 0.286. The average Bonchev–Trinajstić information content (AvgIpc) is 2.66. The van der Waals surface area contributed by atoms with Crippen LogP contribution in [0.15, 0.2) is 34.8 Å². The monoisotopic (exact) mass is 259 g/mol. The van der Waals surface area contributed by atoms with E-state index < -0.39 is 5.97 Å². The van der Waals surface area contributed by atoms with Crippen LogP contribution in [0.5, 0.6) is 0 Å². The Morgan fingerprint density at radius 1 is 1.47 bits per heavy atom. The fourth-order valence-electron chi connectivity index (χ4n) is 2.26. The van der Waals surface area contributed by atoms with Gasteiger partial charge in [-0.05, 0) is 17.7 Å². The molecule has 0 bridgehead atoms. The normalized spacial score (nSPS) is 17.7. The predicted molar refractivity (Wildman–Crippen MR) is 68.0 cm³/mol. The molecular formula is C14H13NO4. The molecule has 5 nitrogen and oxygen atoms in total. The number of fused-ring (bicyclic) bond motifs is 1. The summed E-state index contributed by atoms with van der Waals surface area (Å²) in [5, 5.41) is 8.76. The van der Waals surface area contributed by atoms with Gasteiger partial charge in [-0.15, -0.1) is 0 Å². The number of carboxylic acids is 1. The van der Waals surface area contributed by atoms with Crippen molar-refractivity contribution in [3.8, 4) is 0 Å². The van der Waals surface area contributed by atoms with Crippen molar-refractivity contribution in [1.29, 1.82) is 0 Å². The standard InChI is InChI=1S/C14H13NO4/c1-9-15-11-3-2-10(6-12(11)19-9)14(7-18-8-14)5-4-13(16)17/h2-6H,7-8H2,1H3,(H,16,17)/b5-4+. The lowest BCUT2D eigenvalue weighted by molar-refractivity contribution is -0.131. The van der Waals surface area contributed by atoms with Crippen LogP contribution >= 0.6 is 0 Å². The van der Waals surface area contributed by atoms with Gasteiger partial charge in [-0.25, -0.2) is 9.78 Å². The molecule has 0 saturated carbocycles. The van der Waals surface area contributed by atoms with Gasteiger partial charge in [0, 0.05) is 13.0 Å². The predicted octanol–water partition coefficient (Wildman–Crippen LogP) is 2.05. The van der Waals surface area contributed by atoms with Gasteiger partial charge in [-0.3, -0.25) is 0 Å². The summed E-state index contributed by atoms with van der Waals surface area (Å²) in [5.74, 6) is -0.338. The van der Waals surface area contributed by atoms with Crippen LogP contribution in [0.1, 0.15) is 11.5 Å². The van der Waals surface area contributed by atoms with E-state index in [2.05, 4.69) is 4.98 Å². The molecule has 1 saturated heterocycles. The van der Waals surface area contributed by atoms with Crippen molar-refractivity contribution in [3.05, 3.63) is 41.8 Å². The summed E-state index contributed by atoms with van der Waals surface area (Å²) in [6.07, 6.45) is 2.85. The van der Waals surface area contributed by atoms with Gasteiger partial charge in [0.05, 0.1) is 18.6 Å². The molecule has 1 aliphatic heterocycles. The van der Waals surface area contributed by atoms with E-state index in [0.29, 0.717) is 24.7 Å². The van der Waals surface area contributed by atoms with Crippen LogP contribution in [0.3, 0.4) is 0 Å². The lowest BCUT2D eigenvalue weighted by Gasteiger charge is -2.39. The number of hydrogen-bond acceptors (Lipinski definition) is 4. The lowest BCUT2D eigenvalue weighted by Crippen LogP contribution is -2.45. The first-order valence-corrected chi connectivity index (χ1v) is 5.97. The number of ether oxygens (including phenoxy) is 1. The summed E-state index contributed by atoms with van der Waals surface area (Å²) < 4.78 is 10.8. The van der Waals surface area contributed by atoms with Crippen molar-refractivity contribution < 1.29 is 19.1 Å². The minimum Gasteiger partial charge on any atom is -0.478 e. The second-order valence-electron chi connectivity index (χ2n) is 4.74. The Kier molecular flexibility index (Phi) is 2.64. The second kappa shape index (κ2) is 4.20. The molecule has 1 aliphatic rings. The van der Waals surface area contributed by atoms with Gasteiger partial charge in [-0.2, -0.15) is 0 Å². The largest absolute Gasteiger partial charge is 0.478 e. The molecule has 0 radical (unpaired) electrons. The van der Waals surface area contributed by atoms with E-state index in [9.17, 15) is 4.79 Å². The van der Waals surface area contributed by atoms with Crippen LogP contribution in [0, 0.1) is 6.92 Å². The van der Waals surface area contributed by atoms with Crippen molar-refractivity contribution >= 4 is 17.1 Å². The first-order chi connectivity index (χ1) is 9.09. The average molecular weight is 259 g/mol. The third kappa shape index (κ3) is 2.02. The highest BCUT2D eigenvalue weighted by Gasteiger charge is 2.38. The number of aliphatic carboxylic acids is 1. The summed E-state index contributed by atoms with van der Waals surface area (Å²) in [7, 11) is 0. The van der Waals surface area contributed by atoms with Crippen LogP contribution < -0.4 is 0 Å². The van der Waals surface area contributed by atoms with Gasteiger partial charge >= 0.3 is 5.97 Å². The molecule has 1 aromatic carbocycles. The Morgan fingerprint density at radius 3 is 2.89 bits per heavy atom. The highest BCUT2D eigenvalue weighted by atomic mass is 16.5. The van der Waals surface area contributed by atoms with Crippen molar-refractivity contribution in [2.24, 2.45) is 0 Å². The van der Waals surface area contributed by atoms with Gasteiger partial charge in [-0.1, -0.05) is 12.1 Å². The molecule has 3 rings (SSSR count). The molecular weight excluding hydrogens is 246 g/mol.